The number of urea groups is 1. The Morgan fingerprint density at radius 1 is 0.960 bits per heavy atom. The van der Waals surface area contributed by atoms with Crippen LogP contribution in [0.25, 0.3) is 0 Å². The van der Waals surface area contributed by atoms with Gasteiger partial charge in [-0.15, -0.1) is 0 Å². The molecule has 3 rings (SSSR count). The Morgan fingerprint density at radius 3 is 2.00 bits per heavy atom. The maximum absolute atomic E-state index is 12.6. The first-order valence-electron chi connectivity index (χ1n) is 8.34. The second-order valence-corrected chi connectivity index (χ2v) is 7.12. The highest BCUT2D eigenvalue weighted by molar-refractivity contribution is 6.21. The summed E-state index contributed by atoms with van der Waals surface area (Å²) >= 11 is 0. The SMILES string of the molecule is CC(C)C[C@@]1(C)NC(=O)N(CCN2C(=O)c3ccccc3C2=O)C1=O. The standard InChI is InChI=1S/C18H21N3O4/c1-11(2)10-18(3)16(24)21(17(25)19-18)9-8-20-14(22)12-6-4-5-7-13(12)15(20)23/h4-7,11H,8-10H2,1-3H3,(H,19,25)/t18-/m1/s1. The smallest absolute Gasteiger partial charge is 0.323 e. The lowest BCUT2D eigenvalue weighted by molar-refractivity contribution is -0.131. The molecule has 1 N–H and O–H groups in total. The van der Waals surface area contributed by atoms with Crippen LogP contribution in [0.4, 0.5) is 4.79 Å². The molecule has 1 aromatic carbocycles. The molecule has 1 fully saturated rings. The molecule has 25 heavy (non-hydrogen) atoms. The van der Waals surface area contributed by atoms with E-state index in [-0.39, 0.29) is 24.9 Å². The van der Waals surface area contributed by atoms with Gasteiger partial charge in [0.2, 0.25) is 0 Å². The number of hydrogen-bond acceptors (Lipinski definition) is 4. The monoisotopic (exact) mass is 343 g/mol. The summed E-state index contributed by atoms with van der Waals surface area (Å²) in [4.78, 5) is 51.7. The van der Waals surface area contributed by atoms with Gasteiger partial charge in [-0.25, -0.2) is 4.79 Å². The molecule has 1 atom stereocenters. The van der Waals surface area contributed by atoms with Gasteiger partial charge < -0.3 is 5.32 Å². The second-order valence-electron chi connectivity index (χ2n) is 7.12. The first-order valence-corrected chi connectivity index (χ1v) is 8.34. The van der Waals surface area contributed by atoms with E-state index in [4.69, 9.17) is 0 Å². The van der Waals surface area contributed by atoms with Crippen LogP contribution in [0.3, 0.4) is 0 Å². The number of carbonyl (C=O) groups excluding carboxylic acids is 4. The van der Waals surface area contributed by atoms with Gasteiger partial charge in [0.1, 0.15) is 5.54 Å². The number of benzene rings is 1. The first-order chi connectivity index (χ1) is 11.7. The Bertz CT molecular complexity index is 738. The average Bonchev–Trinajstić information content (AvgIpc) is 2.90. The minimum Gasteiger partial charge on any atom is -0.323 e. The number of amides is 5. The lowest BCUT2D eigenvalue weighted by Gasteiger charge is -2.24. The van der Waals surface area contributed by atoms with E-state index in [1.165, 1.54) is 0 Å². The molecule has 5 amide bonds. The van der Waals surface area contributed by atoms with Crippen molar-refractivity contribution in [3.05, 3.63) is 35.4 Å². The molecule has 0 aromatic heterocycles. The number of nitrogens with one attached hydrogen (secondary N) is 1. The molecule has 2 heterocycles. The molecule has 0 saturated carbocycles. The van der Waals surface area contributed by atoms with Crippen molar-refractivity contribution >= 4 is 23.8 Å². The van der Waals surface area contributed by atoms with Crippen LogP contribution < -0.4 is 5.32 Å². The molecule has 0 spiro atoms. The van der Waals surface area contributed by atoms with Crippen LogP contribution in [0.15, 0.2) is 24.3 Å². The average molecular weight is 343 g/mol. The fourth-order valence-corrected chi connectivity index (χ4v) is 3.55. The zero-order chi connectivity index (χ0) is 18.4. The van der Waals surface area contributed by atoms with Gasteiger partial charge in [0.15, 0.2) is 0 Å². The second kappa shape index (κ2) is 5.98. The van der Waals surface area contributed by atoms with E-state index in [1.54, 1.807) is 31.2 Å². The molecule has 7 heteroatoms. The highest BCUT2D eigenvalue weighted by atomic mass is 16.2. The van der Waals surface area contributed by atoms with E-state index in [2.05, 4.69) is 5.32 Å². The molecule has 0 radical (unpaired) electrons. The summed E-state index contributed by atoms with van der Waals surface area (Å²) in [7, 11) is 0. The molecule has 7 nitrogen and oxygen atoms in total. The fourth-order valence-electron chi connectivity index (χ4n) is 3.55. The molecule has 0 unspecified atom stereocenters. The van der Waals surface area contributed by atoms with Crippen molar-refractivity contribution in [3.8, 4) is 0 Å². The number of imide groups is 2. The van der Waals surface area contributed by atoms with Crippen molar-refractivity contribution in [2.45, 2.75) is 32.7 Å². The lowest BCUT2D eigenvalue weighted by Crippen LogP contribution is -2.45. The number of hydrogen-bond donors (Lipinski definition) is 1. The molecule has 0 aliphatic carbocycles. The van der Waals surface area contributed by atoms with Crippen molar-refractivity contribution in [2.24, 2.45) is 5.92 Å². The van der Waals surface area contributed by atoms with Crippen LogP contribution in [0.1, 0.15) is 47.9 Å². The van der Waals surface area contributed by atoms with Crippen molar-refractivity contribution < 1.29 is 19.2 Å². The van der Waals surface area contributed by atoms with Crippen molar-refractivity contribution in [3.63, 3.8) is 0 Å². The molecule has 2 aliphatic rings. The minimum atomic E-state index is -0.937. The lowest BCUT2D eigenvalue weighted by atomic mass is 9.91. The van der Waals surface area contributed by atoms with E-state index in [0.29, 0.717) is 17.5 Å². The third-order valence-corrected chi connectivity index (χ3v) is 4.59. The summed E-state index contributed by atoms with van der Waals surface area (Å²) in [5, 5.41) is 2.73. The predicted octanol–water partition coefficient (Wildman–Crippen LogP) is 1.64. The predicted molar refractivity (Wildman–Crippen MR) is 89.9 cm³/mol. The molecule has 2 aliphatic heterocycles. The molecule has 132 valence electrons. The first kappa shape index (κ1) is 17.1. The third-order valence-electron chi connectivity index (χ3n) is 4.59. The normalized spacial score (nSPS) is 22.9. The Kier molecular flexibility index (Phi) is 4.10. The highest BCUT2D eigenvalue weighted by Gasteiger charge is 2.48. The van der Waals surface area contributed by atoms with Gasteiger partial charge in [-0.05, 0) is 31.4 Å². The molecular weight excluding hydrogens is 322 g/mol. The van der Waals surface area contributed by atoms with Crippen LogP contribution in [0.2, 0.25) is 0 Å². The minimum absolute atomic E-state index is 0.0101. The van der Waals surface area contributed by atoms with Crippen LogP contribution >= 0.6 is 0 Å². The topological polar surface area (TPSA) is 86.8 Å². The Hall–Kier alpha value is -2.70. The zero-order valence-corrected chi connectivity index (χ0v) is 14.5. The number of fused-ring (bicyclic) bond motifs is 1. The van der Waals surface area contributed by atoms with Gasteiger partial charge in [-0.3, -0.25) is 24.2 Å². The number of nitrogens with zero attached hydrogens (tertiary/aromatic N) is 2. The number of rotatable bonds is 5. The van der Waals surface area contributed by atoms with E-state index in [0.717, 1.165) is 9.80 Å². The maximum atomic E-state index is 12.6. The van der Waals surface area contributed by atoms with Crippen LogP contribution in [0.5, 0.6) is 0 Å². The van der Waals surface area contributed by atoms with Gasteiger partial charge in [0.05, 0.1) is 11.1 Å². The quantitative estimate of drug-likeness (QED) is 0.650. The van der Waals surface area contributed by atoms with E-state index < -0.39 is 23.4 Å². The van der Waals surface area contributed by atoms with E-state index in [1.807, 2.05) is 13.8 Å². The van der Waals surface area contributed by atoms with Crippen molar-refractivity contribution in [1.29, 1.82) is 0 Å². The summed E-state index contributed by atoms with van der Waals surface area (Å²) in [6.45, 7) is 5.64. The summed E-state index contributed by atoms with van der Waals surface area (Å²) < 4.78 is 0. The Labute approximate surface area is 146 Å². The summed E-state index contributed by atoms with van der Waals surface area (Å²) in [6, 6.07) is 6.11. The van der Waals surface area contributed by atoms with Crippen LogP contribution in [0, 0.1) is 5.92 Å². The van der Waals surface area contributed by atoms with Gasteiger partial charge >= 0.3 is 6.03 Å². The Morgan fingerprint density at radius 2 is 1.48 bits per heavy atom. The molecule has 1 aromatic rings. The van der Waals surface area contributed by atoms with Gasteiger partial charge in [-0.2, -0.15) is 0 Å². The Balaban J connectivity index is 1.71. The highest BCUT2D eigenvalue weighted by Crippen LogP contribution is 2.26. The van der Waals surface area contributed by atoms with E-state index in [9.17, 15) is 19.2 Å². The van der Waals surface area contributed by atoms with Gasteiger partial charge in [0, 0.05) is 13.1 Å². The number of carbonyl (C=O) groups is 4. The molecule has 0 bridgehead atoms. The summed E-state index contributed by atoms with van der Waals surface area (Å²) in [5.74, 6) is -0.858. The van der Waals surface area contributed by atoms with Crippen LogP contribution in [-0.2, 0) is 4.79 Å². The molecular formula is C18H21N3O4. The summed E-state index contributed by atoms with van der Waals surface area (Å²) in [6.07, 6.45) is 0.529. The van der Waals surface area contributed by atoms with Gasteiger partial charge in [-0.1, -0.05) is 26.0 Å². The summed E-state index contributed by atoms with van der Waals surface area (Å²) in [5.41, 5.74) is -0.226. The fraction of sp³-hybridized carbons (Fsp3) is 0.444. The third kappa shape index (κ3) is 2.79. The molecule has 1 saturated heterocycles. The largest absolute Gasteiger partial charge is 0.325 e. The van der Waals surface area contributed by atoms with Crippen LogP contribution in [-0.4, -0.2) is 52.2 Å². The van der Waals surface area contributed by atoms with Gasteiger partial charge in [0.25, 0.3) is 17.7 Å². The maximum Gasteiger partial charge on any atom is 0.325 e. The van der Waals surface area contributed by atoms with Crippen molar-refractivity contribution in [2.75, 3.05) is 13.1 Å². The zero-order valence-electron chi connectivity index (χ0n) is 14.5. The van der Waals surface area contributed by atoms with Crippen molar-refractivity contribution in [1.82, 2.24) is 15.1 Å². The van der Waals surface area contributed by atoms with E-state index >= 15 is 0 Å².